The second-order valence-electron chi connectivity index (χ2n) is 3.54. The molecule has 2 aromatic rings. The number of hydrogen-bond acceptors (Lipinski definition) is 1. The van der Waals surface area contributed by atoms with Gasteiger partial charge < -0.3 is 4.74 Å². The Bertz CT molecular complexity index is 615. The van der Waals surface area contributed by atoms with Gasteiger partial charge in [-0.2, -0.15) is 0 Å². The van der Waals surface area contributed by atoms with Crippen molar-refractivity contribution in [2.45, 2.75) is 0 Å². The molecular formula is C16H11NO. The van der Waals surface area contributed by atoms with E-state index in [0.29, 0.717) is 11.4 Å². The zero-order valence-electron chi connectivity index (χ0n) is 9.76. The summed E-state index contributed by atoms with van der Waals surface area (Å²) in [5.74, 6) is 6.50. The molecule has 0 fully saturated rings. The number of rotatable bonds is 2. The van der Waals surface area contributed by atoms with Gasteiger partial charge >= 0.3 is 0 Å². The molecule has 0 spiro atoms. The monoisotopic (exact) mass is 233 g/mol. The Balaban J connectivity index is 1.98. The summed E-state index contributed by atoms with van der Waals surface area (Å²) in [6.07, 6.45) is 0. The third kappa shape index (κ3) is 3.14. The second kappa shape index (κ2) is 6.13. The van der Waals surface area contributed by atoms with Gasteiger partial charge in [0.1, 0.15) is 12.4 Å². The van der Waals surface area contributed by atoms with Gasteiger partial charge in [0.05, 0.1) is 6.57 Å². The van der Waals surface area contributed by atoms with Crippen molar-refractivity contribution in [2.24, 2.45) is 0 Å². The maximum atomic E-state index is 7.01. The number of benzene rings is 2. The van der Waals surface area contributed by atoms with Crippen molar-refractivity contribution in [3.63, 3.8) is 0 Å². The first-order valence-corrected chi connectivity index (χ1v) is 5.53. The standard InChI is InChI=1S/C16H11NO/c1-17-15-11-5-6-12-16(15)18-13-7-10-14-8-3-2-4-9-14/h2-6,8-9,11-12H,13H2. The van der Waals surface area contributed by atoms with E-state index in [1.165, 1.54) is 0 Å². The van der Waals surface area contributed by atoms with Crippen LogP contribution in [0, 0.1) is 18.4 Å². The van der Waals surface area contributed by atoms with Gasteiger partial charge in [0.25, 0.3) is 0 Å². The molecular weight excluding hydrogens is 222 g/mol. The van der Waals surface area contributed by atoms with Gasteiger partial charge in [0.15, 0.2) is 0 Å². The minimum Gasteiger partial charge on any atom is -0.492 e. The van der Waals surface area contributed by atoms with Crippen LogP contribution in [0.1, 0.15) is 5.56 Å². The minimum atomic E-state index is 0.279. The lowest BCUT2D eigenvalue weighted by Crippen LogP contribution is -1.93. The molecule has 0 saturated carbocycles. The molecule has 0 heterocycles. The highest BCUT2D eigenvalue weighted by Crippen LogP contribution is 2.26. The summed E-state index contributed by atoms with van der Waals surface area (Å²) in [7, 11) is 0. The van der Waals surface area contributed by atoms with Crippen LogP contribution in [0.2, 0.25) is 0 Å². The predicted molar refractivity (Wildman–Crippen MR) is 71.5 cm³/mol. The summed E-state index contributed by atoms with van der Waals surface area (Å²) in [6.45, 7) is 7.29. The van der Waals surface area contributed by atoms with Crippen LogP contribution >= 0.6 is 0 Å². The maximum Gasteiger partial charge on any atom is 0.228 e. The van der Waals surface area contributed by atoms with Crippen molar-refractivity contribution >= 4 is 5.69 Å². The summed E-state index contributed by atoms with van der Waals surface area (Å²) >= 11 is 0. The van der Waals surface area contributed by atoms with Crippen molar-refractivity contribution in [1.29, 1.82) is 0 Å². The van der Waals surface area contributed by atoms with E-state index in [1.54, 1.807) is 12.1 Å². The molecule has 0 unspecified atom stereocenters. The maximum absolute atomic E-state index is 7.01. The summed E-state index contributed by atoms with van der Waals surface area (Å²) in [5, 5.41) is 0. The van der Waals surface area contributed by atoms with Crippen LogP contribution in [-0.4, -0.2) is 6.61 Å². The summed E-state index contributed by atoms with van der Waals surface area (Å²) in [5.41, 5.74) is 1.47. The van der Waals surface area contributed by atoms with Gasteiger partial charge in [-0.25, -0.2) is 4.85 Å². The Kier molecular flexibility index (Phi) is 4.01. The topological polar surface area (TPSA) is 13.6 Å². The Labute approximate surface area is 107 Å². The molecule has 0 N–H and O–H groups in total. The highest BCUT2D eigenvalue weighted by Gasteiger charge is 1.99. The molecule has 0 aliphatic heterocycles. The predicted octanol–water partition coefficient (Wildman–Crippen LogP) is 3.67. The van der Waals surface area contributed by atoms with E-state index in [0.717, 1.165) is 5.56 Å². The van der Waals surface area contributed by atoms with Crippen molar-refractivity contribution in [3.05, 3.63) is 71.6 Å². The third-order valence-electron chi connectivity index (χ3n) is 2.29. The van der Waals surface area contributed by atoms with Crippen molar-refractivity contribution < 1.29 is 4.74 Å². The molecule has 2 aromatic carbocycles. The Hall–Kier alpha value is -2.71. The molecule has 2 heteroatoms. The van der Waals surface area contributed by atoms with Gasteiger partial charge in [0.2, 0.25) is 5.69 Å². The SMILES string of the molecule is [C-]#[N+]c1ccccc1OCC#Cc1ccccc1. The molecule has 0 saturated heterocycles. The van der Waals surface area contributed by atoms with Crippen LogP contribution in [0.25, 0.3) is 4.85 Å². The molecule has 18 heavy (non-hydrogen) atoms. The van der Waals surface area contributed by atoms with Gasteiger partial charge in [-0.15, -0.1) is 0 Å². The average molecular weight is 233 g/mol. The van der Waals surface area contributed by atoms with Crippen LogP contribution in [0.4, 0.5) is 5.69 Å². The second-order valence-corrected chi connectivity index (χ2v) is 3.54. The number of hydrogen-bond donors (Lipinski definition) is 0. The Morgan fingerprint density at radius 1 is 1.00 bits per heavy atom. The van der Waals surface area contributed by atoms with Crippen LogP contribution in [0.5, 0.6) is 5.75 Å². The summed E-state index contributed by atoms with van der Waals surface area (Å²) in [6, 6.07) is 16.9. The van der Waals surface area contributed by atoms with Gasteiger partial charge in [-0.05, 0) is 18.2 Å². The largest absolute Gasteiger partial charge is 0.492 e. The quantitative estimate of drug-likeness (QED) is 0.570. The molecule has 0 aromatic heterocycles. The molecule has 0 radical (unpaired) electrons. The highest BCUT2D eigenvalue weighted by molar-refractivity contribution is 5.57. The smallest absolute Gasteiger partial charge is 0.228 e. The van der Waals surface area contributed by atoms with Crippen molar-refractivity contribution in [2.75, 3.05) is 6.61 Å². The first-order chi connectivity index (χ1) is 8.90. The molecule has 0 aliphatic rings. The summed E-state index contributed by atoms with van der Waals surface area (Å²) < 4.78 is 5.46. The average Bonchev–Trinajstić information content (AvgIpc) is 2.45. The minimum absolute atomic E-state index is 0.279. The first-order valence-electron chi connectivity index (χ1n) is 5.53. The van der Waals surface area contributed by atoms with E-state index in [9.17, 15) is 0 Å². The lowest BCUT2D eigenvalue weighted by Gasteiger charge is -2.03. The van der Waals surface area contributed by atoms with E-state index in [-0.39, 0.29) is 6.61 Å². The van der Waals surface area contributed by atoms with Gasteiger partial charge in [0, 0.05) is 5.56 Å². The molecule has 0 amide bonds. The molecule has 0 atom stereocenters. The highest BCUT2D eigenvalue weighted by atomic mass is 16.5. The van der Waals surface area contributed by atoms with Crippen LogP contribution in [0.15, 0.2) is 54.6 Å². The molecule has 2 nitrogen and oxygen atoms in total. The third-order valence-corrected chi connectivity index (χ3v) is 2.29. The number of ether oxygens (including phenoxy) is 1. The normalized spacial score (nSPS) is 8.83. The number of nitrogens with zero attached hydrogens (tertiary/aromatic N) is 1. The fourth-order valence-electron chi connectivity index (χ4n) is 1.45. The van der Waals surface area contributed by atoms with Crippen molar-refractivity contribution in [3.8, 4) is 17.6 Å². The molecule has 0 bridgehead atoms. The fraction of sp³-hybridized carbons (Fsp3) is 0.0625. The van der Waals surface area contributed by atoms with Crippen LogP contribution in [-0.2, 0) is 0 Å². The van der Waals surface area contributed by atoms with Crippen LogP contribution < -0.4 is 4.74 Å². The van der Waals surface area contributed by atoms with E-state index in [2.05, 4.69) is 16.7 Å². The van der Waals surface area contributed by atoms with E-state index in [1.807, 2.05) is 42.5 Å². The Morgan fingerprint density at radius 3 is 2.50 bits per heavy atom. The van der Waals surface area contributed by atoms with Crippen molar-refractivity contribution in [1.82, 2.24) is 0 Å². The first kappa shape index (κ1) is 11.8. The van der Waals surface area contributed by atoms with E-state index in [4.69, 9.17) is 11.3 Å². The molecule has 0 aliphatic carbocycles. The van der Waals surface area contributed by atoms with Crippen LogP contribution in [0.3, 0.4) is 0 Å². The van der Waals surface area contributed by atoms with Gasteiger partial charge in [-0.3, -0.25) is 0 Å². The van der Waals surface area contributed by atoms with Gasteiger partial charge in [-0.1, -0.05) is 48.2 Å². The number of para-hydroxylation sites is 2. The zero-order chi connectivity index (χ0) is 12.6. The molecule has 86 valence electrons. The molecule has 2 rings (SSSR count). The zero-order valence-corrected chi connectivity index (χ0v) is 9.76. The summed E-state index contributed by atoms with van der Waals surface area (Å²) in [4.78, 5) is 3.38. The van der Waals surface area contributed by atoms with E-state index < -0.39 is 0 Å². The fourth-order valence-corrected chi connectivity index (χ4v) is 1.45. The Morgan fingerprint density at radius 2 is 1.72 bits per heavy atom. The lowest BCUT2D eigenvalue weighted by molar-refractivity contribution is 0.372. The van der Waals surface area contributed by atoms with E-state index >= 15 is 0 Å². The lowest BCUT2D eigenvalue weighted by atomic mass is 10.2.